The molecule has 1 amide bonds. The first-order valence-corrected chi connectivity index (χ1v) is 9.93. The number of rotatable bonds is 6. The van der Waals surface area contributed by atoms with Crippen LogP contribution in [0.4, 0.5) is 11.6 Å². The lowest BCUT2D eigenvalue weighted by atomic mass is 10.2. The second-order valence-corrected chi connectivity index (χ2v) is 7.11. The van der Waals surface area contributed by atoms with E-state index < -0.39 is 0 Å². The van der Waals surface area contributed by atoms with Gasteiger partial charge in [-0.3, -0.25) is 9.69 Å². The summed E-state index contributed by atoms with van der Waals surface area (Å²) in [5.41, 5.74) is 2.05. The van der Waals surface area contributed by atoms with Gasteiger partial charge in [0.05, 0.1) is 13.1 Å². The first-order valence-electron chi connectivity index (χ1n) is 9.93. The SMILES string of the molecule is O=C(CN1CCN(c2ncccn2)CC1)N(Cc1ccccc1)c1ccccc1. The molecule has 0 unspecified atom stereocenters. The number of piperazine rings is 1. The third kappa shape index (κ3) is 4.97. The van der Waals surface area contributed by atoms with Crippen molar-refractivity contribution >= 4 is 17.5 Å². The molecule has 0 N–H and O–H groups in total. The van der Waals surface area contributed by atoms with Gasteiger partial charge in [0.25, 0.3) is 0 Å². The second kappa shape index (κ2) is 9.30. The van der Waals surface area contributed by atoms with Gasteiger partial charge in [0.1, 0.15) is 0 Å². The molecule has 0 aliphatic carbocycles. The van der Waals surface area contributed by atoms with Crippen molar-refractivity contribution in [2.45, 2.75) is 6.54 Å². The Labute approximate surface area is 171 Å². The number of benzene rings is 2. The Hall–Kier alpha value is -3.25. The number of amides is 1. The van der Waals surface area contributed by atoms with Crippen LogP contribution in [0.5, 0.6) is 0 Å². The number of hydrogen-bond donors (Lipinski definition) is 0. The number of aromatic nitrogens is 2. The van der Waals surface area contributed by atoms with Crippen molar-refractivity contribution in [1.82, 2.24) is 14.9 Å². The Morgan fingerprint density at radius 1 is 0.828 bits per heavy atom. The van der Waals surface area contributed by atoms with E-state index >= 15 is 0 Å². The van der Waals surface area contributed by atoms with Crippen LogP contribution < -0.4 is 9.80 Å². The fraction of sp³-hybridized carbons (Fsp3) is 0.261. The fourth-order valence-corrected chi connectivity index (χ4v) is 3.53. The molecule has 4 rings (SSSR count). The van der Waals surface area contributed by atoms with E-state index in [4.69, 9.17) is 0 Å². The number of para-hydroxylation sites is 1. The van der Waals surface area contributed by atoms with Crippen molar-refractivity contribution in [3.8, 4) is 0 Å². The van der Waals surface area contributed by atoms with E-state index in [-0.39, 0.29) is 5.91 Å². The molecule has 29 heavy (non-hydrogen) atoms. The molecule has 1 saturated heterocycles. The number of carbonyl (C=O) groups is 1. The van der Waals surface area contributed by atoms with Gasteiger partial charge in [-0.25, -0.2) is 9.97 Å². The Morgan fingerprint density at radius 3 is 2.10 bits per heavy atom. The summed E-state index contributed by atoms with van der Waals surface area (Å²) in [5.74, 6) is 0.873. The van der Waals surface area contributed by atoms with Gasteiger partial charge in [-0.15, -0.1) is 0 Å². The standard InChI is InChI=1S/C23H25N5O/c29-22(19-26-14-16-27(17-15-26)23-24-12-7-13-25-23)28(21-10-5-2-6-11-21)18-20-8-3-1-4-9-20/h1-13H,14-19H2. The molecule has 1 aromatic heterocycles. The van der Waals surface area contributed by atoms with Gasteiger partial charge in [-0.05, 0) is 23.8 Å². The molecule has 2 aromatic carbocycles. The summed E-state index contributed by atoms with van der Waals surface area (Å²) in [7, 11) is 0. The van der Waals surface area contributed by atoms with Crippen LogP contribution in [-0.4, -0.2) is 53.5 Å². The second-order valence-electron chi connectivity index (χ2n) is 7.11. The number of anilines is 2. The monoisotopic (exact) mass is 387 g/mol. The minimum atomic E-state index is 0.115. The highest BCUT2D eigenvalue weighted by Crippen LogP contribution is 2.18. The van der Waals surface area contributed by atoms with Gasteiger partial charge in [0.15, 0.2) is 0 Å². The zero-order chi connectivity index (χ0) is 19.9. The molecule has 148 valence electrons. The van der Waals surface area contributed by atoms with Crippen molar-refractivity contribution in [3.05, 3.63) is 84.7 Å². The van der Waals surface area contributed by atoms with E-state index in [0.717, 1.165) is 43.4 Å². The predicted octanol–water partition coefficient (Wildman–Crippen LogP) is 2.83. The molecule has 6 heteroatoms. The van der Waals surface area contributed by atoms with Crippen LogP contribution in [-0.2, 0) is 11.3 Å². The van der Waals surface area contributed by atoms with Gasteiger partial charge in [0, 0.05) is 44.3 Å². The van der Waals surface area contributed by atoms with E-state index in [0.29, 0.717) is 13.1 Å². The Morgan fingerprint density at radius 2 is 1.45 bits per heavy atom. The number of hydrogen-bond acceptors (Lipinski definition) is 5. The first kappa shape index (κ1) is 19.1. The molecule has 2 heterocycles. The Kier molecular flexibility index (Phi) is 6.12. The molecule has 0 spiro atoms. The first-order chi connectivity index (χ1) is 14.3. The maximum atomic E-state index is 13.2. The van der Waals surface area contributed by atoms with Crippen LogP contribution in [0.15, 0.2) is 79.1 Å². The summed E-state index contributed by atoms with van der Waals surface area (Å²) in [4.78, 5) is 28.1. The third-order valence-electron chi connectivity index (χ3n) is 5.12. The Balaban J connectivity index is 1.40. The zero-order valence-corrected chi connectivity index (χ0v) is 16.4. The van der Waals surface area contributed by atoms with Crippen LogP contribution in [0.3, 0.4) is 0 Å². The topological polar surface area (TPSA) is 52.6 Å². The summed E-state index contributed by atoms with van der Waals surface area (Å²) in [6.45, 7) is 4.26. The maximum absolute atomic E-state index is 13.2. The van der Waals surface area contributed by atoms with Crippen molar-refractivity contribution in [1.29, 1.82) is 0 Å². The highest BCUT2D eigenvalue weighted by atomic mass is 16.2. The normalized spacial score (nSPS) is 14.6. The molecule has 0 radical (unpaired) electrons. The van der Waals surface area contributed by atoms with Gasteiger partial charge >= 0.3 is 0 Å². The minimum Gasteiger partial charge on any atom is -0.338 e. The molecule has 6 nitrogen and oxygen atoms in total. The molecule has 0 saturated carbocycles. The lowest BCUT2D eigenvalue weighted by Crippen LogP contribution is -2.50. The van der Waals surface area contributed by atoms with Crippen LogP contribution >= 0.6 is 0 Å². The van der Waals surface area contributed by atoms with Crippen molar-refractivity contribution < 1.29 is 4.79 Å². The van der Waals surface area contributed by atoms with E-state index in [1.807, 2.05) is 59.5 Å². The third-order valence-corrected chi connectivity index (χ3v) is 5.12. The van der Waals surface area contributed by atoms with Crippen molar-refractivity contribution in [2.24, 2.45) is 0 Å². The molecule has 1 fully saturated rings. The maximum Gasteiger partial charge on any atom is 0.241 e. The molecule has 3 aromatic rings. The minimum absolute atomic E-state index is 0.115. The van der Waals surface area contributed by atoms with Crippen molar-refractivity contribution in [3.63, 3.8) is 0 Å². The average Bonchev–Trinajstić information content (AvgIpc) is 2.80. The van der Waals surface area contributed by atoms with Crippen LogP contribution in [0.2, 0.25) is 0 Å². The van der Waals surface area contributed by atoms with Gasteiger partial charge in [-0.2, -0.15) is 0 Å². The zero-order valence-electron chi connectivity index (χ0n) is 16.4. The van der Waals surface area contributed by atoms with E-state index in [2.05, 4.69) is 31.9 Å². The summed E-state index contributed by atoms with van der Waals surface area (Å²) >= 11 is 0. The highest BCUT2D eigenvalue weighted by Gasteiger charge is 2.23. The highest BCUT2D eigenvalue weighted by molar-refractivity contribution is 5.94. The van der Waals surface area contributed by atoms with Gasteiger partial charge in [-0.1, -0.05) is 48.5 Å². The summed E-state index contributed by atoms with van der Waals surface area (Å²) in [6, 6.07) is 21.8. The van der Waals surface area contributed by atoms with Crippen LogP contribution in [0.25, 0.3) is 0 Å². The van der Waals surface area contributed by atoms with E-state index in [9.17, 15) is 4.79 Å². The Bertz CT molecular complexity index is 896. The van der Waals surface area contributed by atoms with Crippen molar-refractivity contribution in [2.75, 3.05) is 42.5 Å². The summed E-state index contributed by atoms with van der Waals surface area (Å²) in [5, 5.41) is 0. The number of nitrogens with zero attached hydrogens (tertiary/aromatic N) is 5. The molecule has 0 atom stereocenters. The molecular formula is C23H25N5O. The van der Waals surface area contributed by atoms with E-state index in [1.165, 1.54) is 0 Å². The lowest BCUT2D eigenvalue weighted by molar-refractivity contribution is -0.120. The molecule has 1 aliphatic rings. The van der Waals surface area contributed by atoms with Gasteiger partial charge < -0.3 is 9.80 Å². The fourth-order valence-electron chi connectivity index (χ4n) is 3.53. The average molecular weight is 387 g/mol. The smallest absolute Gasteiger partial charge is 0.241 e. The molecule has 1 aliphatic heterocycles. The quantitative estimate of drug-likeness (QED) is 0.651. The predicted molar refractivity (Wildman–Crippen MR) is 115 cm³/mol. The van der Waals surface area contributed by atoms with Gasteiger partial charge in [0.2, 0.25) is 11.9 Å². The van der Waals surface area contributed by atoms with Crippen LogP contribution in [0.1, 0.15) is 5.56 Å². The molecular weight excluding hydrogens is 362 g/mol. The molecule has 0 bridgehead atoms. The summed E-state index contributed by atoms with van der Waals surface area (Å²) in [6.07, 6.45) is 3.53. The summed E-state index contributed by atoms with van der Waals surface area (Å²) < 4.78 is 0. The van der Waals surface area contributed by atoms with E-state index in [1.54, 1.807) is 12.4 Å². The largest absolute Gasteiger partial charge is 0.338 e. The lowest BCUT2D eigenvalue weighted by Gasteiger charge is -2.35. The van der Waals surface area contributed by atoms with Crippen LogP contribution in [0, 0.1) is 0 Å². The number of carbonyl (C=O) groups excluding carboxylic acids is 1.